The van der Waals surface area contributed by atoms with Crippen LogP contribution in [0.15, 0.2) is 70.1 Å². The van der Waals surface area contributed by atoms with Gasteiger partial charge in [-0.15, -0.1) is 0 Å². The fourth-order valence-electron chi connectivity index (χ4n) is 10.4. The number of H-pyrrole nitrogens is 2. The fourth-order valence-corrected chi connectivity index (χ4v) is 10.4. The molecule has 4 aliphatic rings. The summed E-state index contributed by atoms with van der Waals surface area (Å²) in [5, 5.41) is 26.0. The first-order chi connectivity index (χ1) is 32.4. The summed E-state index contributed by atoms with van der Waals surface area (Å²) in [4.78, 5) is 83.7. The minimum absolute atomic E-state index is 0.000301. The van der Waals surface area contributed by atoms with Gasteiger partial charge in [0, 0.05) is 50.4 Å². The molecule has 4 fully saturated rings. The average Bonchev–Trinajstić information content (AvgIpc) is 4.17. The van der Waals surface area contributed by atoms with Crippen LogP contribution >= 0.6 is 0 Å². The Bertz CT molecular complexity index is 2950. The van der Waals surface area contributed by atoms with Crippen molar-refractivity contribution in [2.75, 3.05) is 39.5 Å². The van der Waals surface area contributed by atoms with Crippen molar-refractivity contribution in [3.63, 3.8) is 0 Å². The second kappa shape index (κ2) is 18.0. The number of nitrogens with one attached hydrogen (secondary N) is 4. The molecule has 10 rings (SSSR count). The molecule has 0 saturated carbocycles. The van der Waals surface area contributed by atoms with Gasteiger partial charge in [-0.3, -0.25) is 14.4 Å². The minimum Gasteiger partial charge on any atom is -0.465 e. The van der Waals surface area contributed by atoms with E-state index in [0.717, 1.165) is 10.9 Å². The third-order valence-corrected chi connectivity index (χ3v) is 13.7. The number of imidazole rings is 2. The molecule has 0 radical (unpaired) electrons. The Balaban J connectivity index is 0.890. The van der Waals surface area contributed by atoms with Crippen molar-refractivity contribution >= 4 is 56.7 Å². The van der Waals surface area contributed by atoms with Crippen molar-refractivity contribution in [1.82, 2.24) is 40.4 Å². The highest BCUT2D eigenvalue weighted by Gasteiger charge is 2.45. The van der Waals surface area contributed by atoms with Crippen molar-refractivity contribution < 1.29 is 52.1 Å². The van der Waals surface area contributed by atoms with E-state index in [0.29, 0.717) is 108 Å². The molecule has 6 N–H and O–H groups in total. The molecule has 18 nitrogen and oxygen atoms in total. The van der Waals surface area contributed by atoms with E-state index < -0.39 is 60.5 Å². The third kappa shape index (κ3) is 8.54. The zero-order valence-corrected chi connectivity index (χ0v) is 36.1. The predicted molar refractivity (Wildman–Crippen MR) is 238 cm³/mol. The topological polar surface area (TPSA) is 245 Å². The second-order valence-electron chi connectivity index (χ2n) is 17.8. The molecule has 0 bridgehead atoms. The summed E-state index contributed by atoms with van der Waals surface area (Å²) < 4.78 is 47.2. The maximum Gasteiger partial charge on any atom is 0.405 e. The van der Waals surface area contributed by atoms with Gasteiger partial charge in [-0.25, -0.2) is 28.3 Å². The maximum absolute atomic E-state index is 15.0. The number of aromatic nitrogens is 4. The monoisotopic (exact) mass is 922 g/mol. The first kappa shape index (κ1) is 43.9. The summed E-state index contributed by atoms with van der Waals surface area (Å²) in [7, 11) is 0. The molecule has 4 aliphatic heterocycles. The van der Waals surface area contributed by atoms with E-state index >= 15 is 8.78 Å². The first-order valence-electron chi connectivity index (χ1n) is 22.5. The van der Waals surface area contributed by atoms with Gasteiger partial charge in [-0.1, -0.05) is 24.3 Å². The Labute approximate surface area is 380 Å². The van der Waals surface area contributed by atoms with Crippen LogP contribution < -0.4 is 16.1 Å². The molecule has 0 aliphatic carbocycles. The molecule has 4 amide bonds. The largest absolute Gasteiger partial charge is 0.465 e. The minimum atomic E-state index is -1.34. The van der Waals surface area contributed by atoms with Gasteiger partial charge in [0.15, 0.2) is 0 Å². The molecule has 7 heterocycles. The Morgan fingerprint density at radius 1 is 0.672 bits per heavy atom. The van der Waals surface area contributed by atoms with E-state index in [2.05, 4.69) is 30.6 Å². The van der Waals surface area contributed by atoms with Gasteiger partial charge in [0.2, 0.25) is 17.2 Å². The zero-order valence-electron chi connectivity index (χ0n) is 36.1. The number of hydrogen-bond donors (Lipinski definition) is 6. The van der Waals surface area contributed by atoms with Crippen LogP contribution in [0.1, 0.15) is 62.3 Å². The van der Waals surface area contributed by atoms with Crippen molar-refractivity contribution in [1.29, 1.82) is 0 Å². The van der Waals surface area contributed by atoms with E-state index in [1.807, 2.05) is 24.3 Å². The van der Waals surface area contributed by atoms with Crippen molar-refractivity contribution in [2.45, 2.75) is 75.0 Å². The smallest absolute Gasteiger partial charge is 0.405 e. The van der Waals surface area contributed by atoms with Crippen LogP contribution in [0.5, 0.6) is 0 Å². The summed E-state index contributed by atoms with van der Waals surface area (Å²) >= 11 is 0. The number of carboxylic acid groups (broad SMARTS) is 2. The molecule has 6 aromatic rings. The third-order valence-electron chi connectivity index (χ3n) is 13.7. The number of alkyl halides is 2. The Hall–Kier alpha value is -6.93. The molecule has 350 valence electrons. The van der Waals surface area contributed by atoms with Crippen molar-refractivity contribution in [3.8, 4) is 22.5 Å². The molecule has 0 spiro atoms. The van der Waals surface area contributed by atoms with Crippen molar-refractivity contribution in [2.24, 2.45) is 11.8 Å². The van der Waals surface area contributed by atoms with Crippen LogP contribution in [0.25, 0.3) is 55.2 Å². The molecule has 67 heavy (non-hydrogen) atoms. The molecule has 4 saturated heterocycles. The first-order valence-corrected chi connectivity index (χ1v) is 22.5. The van der Waals surface area contributed by atoms with Gasteiger partial charge in [-0.2, -0.15) is 0 Å². The summed E-state index contributed by atoms with van der Waals surface area (Å²) in [6, 6.07) is 10.6. The van der Waals surface area contributed by atoms with Crippen LogP contribution in [0.2, 0.25) is 0 Å². The number of carbonyl (C=O) groups is 4. The van der Waals surface area contributed by atoms with Gasteiger partial charge in [-0.05, 0) is 72.6 Å². The van der Waals surface area contributed by atoms with E-state index in [1.54, 1.807) is 36.7 Å². The van der Waals surface area contributed by atoms with Gasteiger partial charge in [0.05, 0.1) is 59.7 Å². The zero-order chi connectivity index (χ0) is 46.5. The van der Waals surface area contributed by atoms with Crippen LogP contribution in [-0.4, -0.2) is 128 Å². The highest BCUT2D eigenvalue weighted by Crippen LogP contribution is 2.38. The standard InChI is InChI=1S/C47H48F2N8O10/c48-28-17-34(56(21-28)44(59)39(54-46(61)62)23-7-11-65-12-8-23)42-50-19-32(52-42)26-1-4-30-25(15-26)3-6-36-38(30)41(58)31-5-2-27(16-37(31)67-36)33-20-51-43(53-33)35-18-29(49)22-57(35)45(60)40(55-47(63)64)24-9-13-66-14-10-24/h1-6,15-16,19-20,23-24,28-29,34-35,39-40,54-55H,7-14,17-18,21-22H2,(H,50,52)(H,51,53)(H,61,62)(H,63,64)/t28-,29-,34+,35+,39?,40?/m1/s1. The number of nitrogens with zero attached hydrogens (tertiary/aromatic N) is 4. The highest BCUT2D eigenvalue weighted by atomic mass is 19.1. The van der Waals surface area contributed by atoms with Gasteiger partial charge in [0.25, 0.3) is 0 Å². The number of ether oxygens (including phenoxy) is 2. The lowest BCUT2D eigenvalue weighted by Crippen LogP contribution is -2.53. The van der Waals surface area contributed by atoms with Crippen LogP contribution in [0.4, 0.5) is 18.4 Å². The lowest BCUT2D eigenvalue weighted by molar-refractivity contribution is -0.137. The number of carbonyl (C=O) groups excluding carboxylic acids is 2. The molecular weight excluding hydrogens is 875 g/mol. The lowest BCUT2D eigenvalue weighted by atomic mass is 9.90. The quantitative estimate of drug-likeness (QED) is 0.0662. The maximum atomic E-state index is 15.0. The average molecular weight is 923 g/mol. The van der Waals surface area contributed by atoms with E-state index in [-0.39, 0.29) is 43.2 Å². The summed E-state index contributed by atoms with van der Waals surface area (Å²) in [5.41, 5.74) is 2.92. The molecule has 20 heteroatoms. The molecule has 3 aromatic carbocycles. The van der Waals surface area contributed by atoms with E-state index in [4.69, 9.17) is 13.9 Å². The van der Waals surface area contributed by atoms with E-state index in [9.17, 15) is 34.2 Å². The molecular formula is C47H48F2N8O10. The number of hydrogen-bond acceptors (Lipinski definition) is 10. The Morgan fingerprint density at radius 2 is 1.16 bits per heavy atom. The predicted octanol–water partition coefficient (Wildman–Crippen LogP) is 6.23. The number of rotatable bonds is 10. The van der Waals surface area contributed by atoms with E-state index in [1.165, 1.54) is 9.80 Å². The second-order valence-corrected chi connectivity index (χ2v) is 17.8. The van der Waals surface area contributed by atoms with Gasteiger partial charge >= 0.3 is 12.2 Å². The lowest BCUT2D eigenvalue weighted by Gasteiger charge is -2.33. The van der Waals surface area contributed by atoms with Crippen molar-refractivity contribution in [3.05, 3.63) is 82.8 Å². The number of benzene rings is 3. The van der Waals surface area contributed by atoms with Gasteiger partial charge < -0.3 is 54.5 Å². The Kier molecular flexibility index (Phi) is 11.8. The number of fused-ring (bicyclic) bond motifs is 4. The van der Waals surface area contributed by atoms with Crippen LogP contribution in [0.3, 0.4) is 0 Å². The molecule has 6 atom stereocenters. The SMILES string of the molecule is O=C(O)NC(C(=O)N1C[C@H](F)C[C@H]1c1ncc(-c2ccc3c(ccc4oc5cc(-c6cnc([C@@H]7C[C@@H](F)CN7C(=O)C(NC(=O)O)C7CCOCC7)[nH]6)ccc5c(=O)c43)c2)[nH]1)C1CCOCC1. The van der Waals surface area contributed by atoms with Crippen LogP contribution in [-0.2, 0) is 19.1 Å². The van der Waals surface area contributed by atoms with Gasteiger partial charge in [0.1, 0.15) is 47.2 Å². The van der Waals surface area contributed by atoms with Crippen LogP contribution in [0, 0.1) is 11.8 Å². The number of halogens is 2. The molecule has 3 aromatic heterocycles. The highest BCUT2D eigenvalue weighted by molar-refractivity contribution is 6.09. The molecule has 2 unspecified atom stereocenters. The Morgan fingerprint density at radius 3 is 1.67 bits per heavy atom. The summed E-state index contributed by atoms with van der Waals surface area (Å²) in [5.74, 6) is -0.880. The number of aromatic amines is 2. The normalized spacial score (nSPS) is 22.7. The number of likely N-dealkylation sites (tertiary alicyclic amines) is 2. The summed E-state index contributed by atoms with van der Waals surface area (Å²) in [6.45, 7) is 1.21. The summed E-state index contributed by atoms with van der Waals surface area (Å²) in [6.07, 6.45) is -0.205. The fraction of sp³-hybridized carbons (Fsp3) is 0.426. The number of amides is 4.